The molecule has 1 N–H and O–H groups in total. The molecule has 1 aromatic rings. The Hall–Kier alpha value is -0.830. The van der Waals surface area contributed by atoms with Gasteiger partial charge in [-0.3, -0.25) is 0 Å². The largest absolute Gasteiger partial charge is 0.369 e. The highest BCUT2D eigenvalue weighted by Gasteiger charge is 2.21. The Morgan fingerprint density at radius 3 is 2.88 bits per heavy atom. The smallest absolute Gasteiger partial charge is 0.137 e. The molecule has 0 saturated heterocycles. The van der Waals surface area contributed by atoms with Gasteiger partial charge >= 0.3 is 0 Å². The molecule has 0 spiro atoms. The van der Waals surface area contributed by atoms with Gasteiger partial charge < -0.3 is 5.32 Å². The summed E-state index contributed by atoms with van der Waals surface area (Å²) in [6.07, 6.45) is 6.41. The van der Waals surface area contributed by atoms with E-state index in [9.17, 15) is 0 Å². The van der Waals surface area contributed by atoms with E-state index >= 15 is 0 Å². The highest BCUT2D eigenvalue weighted by molar-refractivity contribution is 6.30. The highest BCUT2D eigenvalue weighted by atomic mass is 35.5. The van der Waals surface area contributed by atoms with Crippen molar-refractivity contribution in [1.29, 1.82) is 0 Å². The molecule has 0 bridgehead atoms. The lowest BCUT2D eigenvalue weighted by molar-refractivity contribution is 0.536. The quantitative estimate of drug-likeness (QED) is 0.834. The Kier molecular flexibility index (Phi) is 4.21. The Morgan fingerprint density at radius 1 is 1.41 bits per heavy atom. The number of anilines is 1. The average Bonchev–Trinajstić information content (AvgIpc) is 2.72. The van der Waals surface area contributed by atoms with Crippen LogP contribution in [0.1, 0.15) is 38.7 Å². The molecule has 17 heavy (non-hydrogen) atoms. The fourth-order valence-electron chi connectivity index (χ4n) is 2.61. The summed E-state index contributed by atoms with van der Waals surface area (Å²) < 4.78 is 0. The molecule has 0 aromatic carbocycles. The average molecular weight is 254 g/mol. The van der Waals surface area contributed by atoms with Crippen molar-refractivity contribution in [1.82, 2.24) is 9.97 Å². The lowest BCUT2D eigenvalue weighted by Crippen LogP contribution is -2.14. The van der Waals surface area contributed by atoms with E-state index in [1.165, 1.54) is 25.6 Å². The predicted octanol–water partition coefficient (Wildman–Crippen LogP) is 3.54. The predicted molar refractivity (Wildman–Crippen MR) is 71.4 cm³/mol. The highest BCUT2D eigenvalue weighted by Crippen LogP contribution is 2.30. The Morgan fingerprint density at radius 2 is 2.24 bits per heavy atom. The van der Waals surface area contributed by atoms with Gasteiger partial charge in [0.2, 0.25) is 0 Å². The van der Waals surface area contributed by atoms with Crippen LogP contribution < -0.4 is 5.32 Å². The van der Waals surface area contributed by atoms with Crippen LogP contribution in [0.3, 0.4) is 0 Å². The molecule has 1 fully saturated rings. The third-order valence-electron chi connectivity index (χ3n) is 3.61. The van der Waals surface area contributed by atoms with Crippen LogP contribution in [0.25, 0.3) is 0 Å². The number of halogens is 1. The molecule has 0 amide bonds. The second kappa shape index (κ2) is 5.67. The second-order valence-corrected chi connectivity index (χ2v) is 5.37. The van der Waals surface area contributed by atoms with Gasteiger partial charge in [0.1, 0.15) is 17.3 Å². The van der Waals surface area contributed by atoms with E-state index in [0.717, 1.165) is 36.2 Å². The first kappa shape index (κ1) is 12.6. The maximum Gasteiger partial charge on any atom is 0.137 e. The molecule has 2 rings (SSSR count). The van der Waals surface area contributed by atoms with Crippen LogP contribution in [0, 0.1) is 11.8 Å². The maximum absolute atomic E-state index is 6.06. The van der Waals surface area contributed by atoms with E-state index in [1.54, 1.807) is 0 Å². The molecule has 2 unspecified atom stereocenters. The summed E-state index contributed by atoms with van der Waals surface area (Å²) in [6, 6.07) is 0. The number of nitrogens with zero attached hydrogens (tertiary/aromatic N) is 2. The zero-order chi connectivity index (χ0) is 12.3. The van der Waals surface area contributed by atoms with Crippen molar-refractivity contribution in [3.8, 4) is 0 Å². The van der Waals surface area contributed by atoms with Crippen molar-refractivity contribution >= 4 is 17.4 Å². The zero-order valence-corrected chi connectivity index (χ0v) is 11.3. The number of aromatic nitrogens is 2. The summed E-state index contributed by atoms with van der Waals surface area (Å²) in [5, 5.41) is 4.01. The van der Waals surface area contributed by atoms with Gasteiger partial charge in [-0.25, -0.2) is 9.97 Å². The first-order chi connectivity index (χ1) is 8.20. The summed E-state index contributed by atoms with van der Waals surface area (Å²) in [5.41, 5.74) is 1.03. The van der Waals surface area contributed by atoms with Gasteiger partial charge in [-0.15, -0.1) is 0 Å². The van der Waals surface area contributed by atoms with E-state index in [2.05, 4.69) is 29.1 Å². The third kappa shape index (κ3) is 3.09. The Labute approximate surface area is 108 Å². The van der Waals surface area contributed by atoms with Crippen molar-refractivity contribution in [2.45, 2.75) is 39.5 Å². The van der Waals surface area contributed by atoms with Gasteiger partial charge in [-0.1, -0.05) is 31.9 Å². The van der Waals surface area contributed by atoms with Crippen LogP contribution in [0.2, 0.25) is 5.15 Å². The van der Waals surface area contributed by atoms with E-state index in [-0.39, 0.29) is 0 Å². The Bertz CT molecular complexity index is 381. The third-order valence-corrected chi connectivity index (χ3v) is 3.93. The molecule has 2 atom stereocenters. The van der Waals surface area contributed by atoms with Gasteiger partial charge in [0, 0.05) is 12.1 Å². The molecular weight excluding hydrogens is 234 g/mol. The molecule has 1 saturated carbocycles. The van der Waals surface area contributed by atoms with Crippen LogP contribution in [0.5, 0.6) is 0 Å². The van der Waals surface area contributed by atoms with Crippen molar-refractivity contribution in [3.63, 3.8) is 0 Å². The molecule has 3 nitrogen and oxygen atoms in total. The van der Waals surface area contributed by atoms with Crippen molar-refractivity contribution in [2.75, 3.05) is 11.9 Å². The van der Waals surface area contributed by atoms with Crippen LogP contribution >= 0.6 is 11.6 Å². The van der Waals surface area contributed by atoms with Gasteiger partial charge in [0.15, 0.2) is 0 Å². The number of hydrogen-bond acceptors (Lipinski definition) is 3. The first-order valence-electron chi connectivity index (χ1n) is 6.44. The fourth-order valence-corrected chi connectivity index (χ4v) is 2.87. The van der Waals surface area contributed by atoms with Crippen molar-refractivity contribution < 1.29 is 0 Å². The van der Waals surface area contributed by atoms with E-state index in [4.69, 9.17) is 11.6 Å². The first-order valence-corrected chi connectivity index (χ1v) is 6.81. The zero-order valence-electron chi connectivity index (χ0n) is 10.5. The van der Waals surface area contributed by atoms with E-state index < -0.39 is 0 Å². The summed E-state index contributed by atoms with van der Waals surface area (Å²) in [4.78, 5) is 8.30. The maximum atomic E-state index is 6.06. The minimum absolute atomic E-state index is 0.574. The summed E-state index contributed by atoms with van der Waals surface area (Å²) in [5.74, 6) is 2.57. The van der Waals surface area contributed by atoms with Crippen molar-refractivity contribution in [3.05, 3.63) is 17.0 Å². The number of nitrogens with one attached hydrogen (secondary N) is 1. The minimum Gasteiger partial charge on any atom is -0.369 e. The molecule has 0 aliphatic heterocycles. The van der Waals surface area contributed by atoms with Crippen LogP contribution in [0.4, 0.5) is 5.82 Å². The topological polar surface area (TPSA) is 37.8 Å². The van der Waals surface area contributed by atoms with E-state index in [1.807, 2.05) is 0 Å². The minimum atomic E-state index is 0.574. The van der Waals surface area contributed by atoms with Gasteiger partial charge in [0.25, 0.3) is 0 Å². The molecule has 4 heteroatoms. The lowest BCUT2D eigenvalue weighted by Gasteiger charge is -2.14. The van der Waals surface area contributed by atoms with Gasteiger partial charge in [0.05, 0.1) is 0 Å². The molecule has 1 heterocycles. The second-order valence-electron chi connectivity index (χ2n) is 5.01. The van der Waals surface area contributed by atoms with Crippen LogP contribution in [0.15, 0.2) is 6.33 Å². The van der Waals surface area contributed by atoms with Gasteiger partial charge in [-0.05, 0) is 31.1 Å². The molecular formula is C13H20ClN3. The summed E-state index contributed by atoms with van der Waals surface area (Å²) in [6.45, 7) is 5.41. The Balaban J connectivity index is 1.97. The molecule has 0 radical (unpaired) electrons. The normalized spacial score (nSPS) is 23.9. The molecule has 94 valence electrons. The van der Waals surface area contributed by atoms with Crippen LogP contribution in [-0.4, -0.2) is 16.5 Å². The summed E-state index contributed by atoms with van der Waals surface area (Å²) >= 11 is 6.06. The van der Waals surface area contributed by atoms with E-state index in [0.29, 0.717) is 5.15 Å². The molecule has 1 aliphatic carbocycles. The summed E-state index contributed by atoms with van der Waals surface area (Å²) in [7, 11) is 0. The van der Waals surface area contributed by atoms with Crippen molar-refractivity contribution in [2.24, 2.45) is 11.8 Å². The number of hydrogen-bond donors (Lipinski definition) is 1. The fraction of sp³-hybridized carbons (Fsp3) is 0.692. The molecule has 1 aliphatic rings. The number of rotatable bonds is 4. The van der Waals surface area contributed by atoms with Gasteiger partial charge in [-0.2, -0.15) is 0 Å². The van der Waals surface area contributed by atoms with Crippen LogP contribution in [-0.2, 0) is 6.42 Å². The monoisotopic (exact) mass is 253 g/mol. The lowest BCUT2D eigenvalue weighted by atomic mass is 10.1. The molecule has 1 aromatic heterocycles. The standard InChI is InChI=1S/C13H20ClN3/c1-3-11-12(14)16-8-17-13(11)15-7-10-5-4-9(2)6-10/h8-10H,3-7H2,1-2H3,(H,15,16,17). The SMILES string of the molecule is CCc1c(Cl)ncnc1NCC1CCC(C)C1.